The van der Waals surface area contributed by atoms with E-state index in [1.807, 2.05) is 25.2 Å². The average Bonchev–Trinajstić information content (AvgIpc) is 2.90. The summed E-state index contributed by atoms with van der Waals surface area (Å²) >= 11 is 0. The molecule has 1 aromatic heterocycles. The molecule has 2 aromatic rings. The van der Waals surface area contributed by atoms with Gasteiger partial charge in [0, 0.05) is 5.69 Å². The van der Waals surface area contributed by atoms with Crippen LogP contribution in [0.5, 0.6) is 5.75 Å². The summed E-state index contributed by atoms with van der Waals surface area (Å²) in [4.78, 5) is 0. The van der Waals surface area contributed by atoms with E-state index >= 15 is 0 Å². The second kappa shape index (κ2) is 7.27. The summed E-state index contributed by atoms with van der Waals surface area (Å²) < 4.78 is 7.55. The van der Waals surface area contributed by atoms with Gasteiger partial charge in [0.1, 0.15) is 11.4 Å². The second-order valence-electron chi connectivity index (χ2n) is 5.02. The van der Waals surface area contributed by atoms with Crippen molar-refractivity contribution in [2.24, 2.45) is 0 Å². The van der Waals surface area contributed by atoms with Crippen LogP contribution in [0.4, 0.5) is 0 Å². The SMILES string of the molecule is CCc1nn(-c2ccccc2OC)c(CC)c1CCNC. The molecule has 0 bridgehead atoms. The van der Waals surface area contributed by atoms with Gasteiger partial charge < -0.3 is 10.1 Å². The first-order valence-electron chi connectivity index (χ1n) is 7.64. The van der Waals surface area contributed by atoms with Crippen LogP contribution >= 0.6 is 0 Å². The highest BCUT2D eigenvalue weighted by molar-refractivity contribution is 5.48. The van der Waals surface area contributed by atoms with Gasteiger partial charge in [0.2, 0.25) is 0 Å². The Morgan fingerprint density at radius 3 is 2.57 bits per heavy atom. The van der Waals surface area contributed by atoms with Crippen LogP contribution in [-0.4, -0.2) is 30.5 Å². The lowest BCUT2D eigenvalue weighted by Crippen LogP contribution is -2.12. The lowest BCUT2D eigenvalue weighted by Gasteiger charge is -2.11. The molecule has 2 rings (SSSR count). The van der Waals surface area contributed by atoms with Crippen molar-refractivity contribution >= 4 is 0 Å². The standard InChI is InChI=1S/C17H25N3O/c1-5-14-13(11-12-18-3)15(6-2)20(19-14)16-9-7-8-10-17(16)21-4/h7-10,18H,5-6,11-12H2,1-4H3. The number of nitrogens with one attached hydrogen (secondary N) is 1. The second-order valence-corrected chi connectivity index (χ2v) is 5.02. The Kier molecular flexibility index (Phi) is 5.39. The lowest BCUT2D eigenvalue weighted by molar-refractivity contribution is 0.411. The van der Waals surface area contributed by atoms with Gasteiger partial charge in [-0.05, 0) is 50.6 Å². The molecule has 21 heavy (non-hydrogen) atoms. The van der Waals surface area contributed by atoms with Crippen molar-refractivity contribution < 1.29 is 4.74 Å². The maximum atomic E-state index is 5.49. The van der Waals surface area contributed by atoms with Crippen molar-refractivity contribution in [3.8, 4) is 11.4 Å². The number of ether oxygens (including phenoxy) is 1. The first-order chi connectivity index (χ1) is 10.3. The third-order valence-corrected chi connectivity index (χ3v) is 3.78. The van der Waals surface area contributed by atoms with Crippen molar-refractivity contribution in [1.29, 1.82) is 0 Å². The molecular weight excluding hydrogens is 262 g/mol. The van der Waals surface area contributed by atoms with Crippen molar-refractivity contribution in [3.63, 3.8) is 0 Å². The molecule has 0 aliphatic heterocycles. The van der Waals surface area contributed by atoms with Crippen LogP contribution in [0, 0.1) is 0 Å². The number of para-hydroxylation sites is 2. The summed E-state index contributed by atoms with van der Waals surface area (Å²) in [5, 5.41) is 8.07. The Balaban J connectivity index is 2.55. The maximum Gasteiger partial charge on any atom is 0.144 e. The Labute approximate surface area is 127 Å². The number of methoxy groups -OCH3 is 1. The molecule has 1 aromatic carbocycles. The van der Waals surface area contributed by atoms with Gasteiger partial charge in [-0.2, -0.15) is 5.10 Å². The molecule has 0 atom stereocenters. The van der Waals surface area contributed by atoms with Gasteiger partial charge in [-0.15, -0.1) is 0 Å². The summed E-state index contributed by atoms with van der Waals surface area (Å²) in [6.07, 6.45) is 2.93. The molecule has 0 amide bonds. The van der Waals surface area contributed by atoms with Crippen LogP contribution in [0.1, 0.15) is 30.8 Å². The van der Waals surface area contributed by atoms with Gasteiger partial charge in [-0.1, -0.05) is 26.0 Å². The van der Waals surface area contributed by atoms with Crippen molar-refractivity contribution in [3.05, 3.63) is 41.2 Å². The normalized spacial score (nSPS) is 10.9. The third kappa shape index (κ3) is 3.10. The van der Waals surface area contributed by atoms with Crippen LogP contribution in [0.15, 0.2) is 24.3 Å². The molecule has 0 fully saturated rings. The number of aryl methyl sites for hydroxylation is 1. The number of benzene rings is 1. The topological polar surface area (TPSA) is 39.1 Å². The first-order valence-corrected chi connectivity index (χ1v) is 7.64. The minimum Gasteiger partial charge on any atom is -0.494 e. The third-order valence-electron chi connectivity index (χ3n) is 3.78. The van der Waals surface area contributed by atoms with Crippen LogP contribution in [0.25, 0.3) is 5.69 Å². The highest BCUT2D eigenvalue weighted by Gasteiger charge is 2.17. The number of likely N-dealkylation sites (N-methyl/N-ethyl adjacent to an activating group) is 1. The number of hydrogen-bond acceptors (Lipinski definition) is 3. The van der Waals surface area contributed by atoms with E-state index < -0.39 is 0 Å². The zero-order valence-corrected chi connectivity index (χ0v) is 13.4. The summed E-state index contributed by atoms with van der Waals surface area (Å²) in [5.74, 6) is 0.859. The fourth-order valence-corrected chi connectivity index (χ4v) is 2.73. The molecule has 0 radical (unpaired) electrons. The molecule has 1 N–H and O–H groups in total. The first kappa shape index (κ1) is 15.6. The summed E-state index contributed by atoms with van der Waals surface area (Å²) in [6, 6.07) is 8.06. The van der Waals surface area contributed by atoms with Crippen LogP contribution in [-0.2, 0) is 19.3 Å². The van der Waals surface area contributed by atoms with E-state index in [-0.39, 0.29) is 0 Å². The fourth-order valence-electron chi connectivity index (χ4n) is 2.73. The Morgan fingerprint density at radius 2 is 1.95 bits per heavy atom. The smallest absolute Gasteiger partial charge is 0.144 e. The number of nitrogens with zero attached hydrogens (tertiary/aromatic N) is 2. The lowest BCUT2D eigenvalue weighted by atomic mass is 10.1. The van der Waals surface area contributed by atoms with E-state index in [9.17, 15) is 0 Å². The molecule has 0 aliphatic rings. The van der Waals surface area contributed by atoms with Gasteiger partial charge in [0.25, 0.3) is 0 Å². The molecular formula is C17H25N3O. The van der Waals surface area contributed by atoms with Crippen molar-refractivity contribution in [2.75, 3.05) is 20.7 Å². The minimum atomic E-state index is 0.859. The van der Waals surface area contributed by atoms with Crippen LogP contribution in [0.3, 0.4) is 0 Å². The molecule has 0 aliphatic carbocycles. The van der Waals surface area contributed by atoms with Crippen LogP contribution < -0.4 is 10.1 Å². The Hall–Kier alpha value is -1.81. The number of aromatic nitrogens is 2. The minimum absolute atomic E-state index is 0.859. The fraction of sp³-hybridized carbons (Fsp3) is 0.471. The van der Waals surface area contributed by atoms with E-state index in [2.05, 4.69) is 29.9 Å². The monoisotopic (exact) mass is 287 g/mol. The van der Waals surface area contributed by atoms with Gasteiger partial charge >= 0.3 is 0 Å². The number of rotatable bonds is 7. The molecule has 0 saturated carbocycles. The molecule has 1 heterocycles. The van der Waals surface area contributed by atoms with Gasteiger partial charge in [0.05, 0.1) is 12.8 Å². The van der Waals surface area contributed by atoms with E-state index in [1.54, 1.807) is 7.11 Å². The van der Waals surface area contributed by atoms with Gasteiger partial charge in [-0.25, -0.2) is 4.68 Å². The van der Waals surface area contributed by atoms with E-state index in [1.165, 1.54) is 17.0 Å². The summed E-state index contributed by atoms with van der Waals surface area (Å²) in [5.41, 5.74) is 4.86. The predicted octanol–water partition coefficient (Wildman–Crippen LogP) is 2.77. The van der Waals surface area contributed by atoms with E-state index in [0.717, 1.165) is 37.2 Å². The summed E-state index contributed by atoms with van der Waals surface area (Å²) in [7, 11) is 3.69. The van der Waals surface area contributed by atoms with Crippen molar-refractivity contribution in [1.82, 2.24) is 15.1 Å². The highest BCUT2D eigenvalue weighted by Crippen LogP contribution is 2.26. The zero-order valence-electron chi connectivity index (χ0n) is 13.4. The summed E-state index contributed by atoms with van der Waals surface area (Å²) in [6.45, 7) is 5.32. The van der Waals surface area contributed by atoms with Gasteiger partial charge in [0.15, 0.2) is 0 Å². The number of hydrogen-bond donors (Lipinski definition) is 1. The molecule has 4 heteroatoms. The molecule has 4 nitrogen and oxygen atoms in total. The van der Waals surface area contributed by atoms with E-state index in [4.69, 9.17) is 9.84 Å². The molecule has 0 unspecified atom stereocenters. The van der Waals surface area contributed by atoms with Crippen molar-refractivity contribution in [2.45, 2.75) is 33.1 Å². The van der Waals surface area contributed by atoms with Gasteiger partial charge in [-0.3, -0.25) is 0 Å². The average molecular weight is 287 g/mol. The Morgan fingerprint density at radius 1 is 1.19 bits per heavy atom. The maximum absolute atomic E-state index is 5.49. The molecule has 0 saturated heterocycles. The highest BCUT2D eigenvalue weighted by atomic mass is 16.5. The molecule has 114 valence electrons. The zero-order chi connectivity index (χ0) is 15.2. The molecule has 0 spiro atoms. The quantitative estimate of drug-likeness (QED) is 0.851. The van der Waals surface area contributed by atoms with E-state index in [0.29, 0.717) is 0 Å². The largest absolute Gasteiger partial charge is 0.494 e. The van der Waals surface area contributed by atoms with Crippen LogP contribution in [0.2, 0.25) is 0 Å². The Bertz CT molecular complexity index is 590. The predicted molar refractivity (Wildman–Crippen MR) is 86.5 cm³/mol.